The minimum absolute atomic E-state index is 0.0686. The van der Waals surface area contributed by atoms with Crippen LogP contribution in [0.1, 0.15) is 16.4 Å². The van der Waals surface area contributed by atoms with Crippen LogP contribution in [-0.2, 0) is 0 Å². The maximum Gasteiger partial charge on any atom is 0.253 e. The molecule has 0 aliphatic carbocycles. The molecule has 4 heterocycles. The summed E-state index contributed by atoms with van der Waals surface area (Å²) in [6, 6.07) is 11.5. The van der Waals surface area contributed by atoms with Crippen LogP contribution in [0, 0.1) is 0 Å². The fourth-order valence-corrected chi connectivity index (χ4v) is 3.31. The molecule has 0 bridgehead atoms. The van der Waals surface area contributed by atoms with Crippen molar-refractivity contribution in [1.29, 1.82) is 0 Å². The summed E-state index contributed by atoms with van der Waals surface area (Å²) < 4.78 is 1.92. The Bertz CT molecular complexity index is 1080. The summed E-state index contributed by atoms with van der Waals surface area (Å²) in [6.07, 6.45) is 7.21. The lowest BCUT2D eigenvalue weighted by Gasteiger charge is -2.39. The van der Waals surface area contributed by atoms with Crippen LogP contribution in [0.15, 0.2) is 61.3 Å². The lowest BCUT2D eigenvalue weighted by Crippen LogP contribution is -2.50. The van der Waals surface area contributed by atoms with Crippen LogP contribution < -0.4 is 0 Å². The Kier molecular flexibility index (Phi) is 3.31. The smallest absolute Gasteiger partial charge is 0.253 e. The van der Waals surface area contributed by atoms with Crippen LogP contribution in [0.2, 0.25) is 0 Å². The second kappa shape index (κ2) is 5.80. The number of hydrogen-bond acceptors (Lipinski definition) is 4. The zero-order valence-corrected chi connectivity index (χ0v) is 13.9. The van der Waals surface area contributed by atoms with E-state index >= 15 is 0 Å². The number of aromatic amines is 1. The van der Waals surface area contributed by atoms with Gasteiger partial charge in [-0.3, -0.25) is 9.48 Å². The molecule has 1 aromatic carbocycles. The molecule has 7 nitrogen and oxygen atoms in total. The Morgan fingerprint density at radius 2 is 1.96 bits per heavy atom. The minimum atomic E-state index is 0.0686. The first kappa shape index (κ1) is 14.8. The number of carbonyl (C=O) groups is 1. The van der Waals surface area contributed by atoms with Gasteiger partial charge in [-0.25, -0.2) is 9.97 Å². The molecular formula is C19H16N6O. The third kappa shape index (κ3) is 2.36. The third-order valence-corrected chi connectivity index (χ3v) is 4.77. The third-order valence-electron chi connectivity index (χ3n) is 4.77. The fraction of sp³-hybridized carbons (Fsp3) is 0.158. The topological polar surface area (TPSA) is 79.7 Å². The van der Waals surface area contributed by atoms with Gasteiger partial charge >= 0.3 is 0 Å². The number of hydrogen-bond donors (Lipinski definition) is 1. The van der Waals surface area contributed by atoms with E-state index in [1.165, 1.54) is 0 Å². The van der Waals surface area contributed by atoms with Crippen molar-refractivity contribution < 1.29 is 4.79 Å². The van der Waals surface area contributed by atoms with Crippen molar-refractivity contribution in [3.63, 3.8) is 0 Å². The molecule has 7 heteroatoms. The first-order chi connectivity index (χ1) is 12.8. The zero-order chi connectivity index (χ0) is 17.5. The van der Waals surface area contributed by atoms with Crippen molar-refractivity contribution in [2.75, 3.05) is 13.1 Å². The molecule has 0 spiro atoms. The number of benzene rings is 1. The molecule has 4 aromatic rings. The van der Waals surface area contributed by atoms with Crippen molar-refractivity contribution in [3.8, 4) is 11.3 Å². The molecular weight excluding hydrogens is 328 g/mol. The second-order valence-corrected chi connectivity index (χ2v) is 6.40. The van der Waals surface area contributed by atoms with E-state index in [-0.39, 0.29) is 11.9 Å². The van der Waals surface area contributed by atoms with E-state index in [1.807, 2.05) is 64.6 Å². The lowest BCUT2D eigenvalue weighted by molar-refractivity contribution is 0.0501. The number of rotatable bonds is 3. The Morgan fingerprint density at radius 3 is 2.81 bits per heavy atom. The minimum Gasteiger partial charge on any atom is -0.346 e. The molecule has 128 valence electrons. The number of H-pyrrole nitrogens is 1. The van der Waals surface area contributed by atoms with Gasteiger partial charge in [0.25, 0.3) is 5.91 Å². The van der Waals surface area contributed by atoms with Gasteiger partial charge in [0.2, 0.25) is 0 Å². The van der Waals surface area contributed by atoms with Crippen molar-refractivity contribution in [3.05, 3.63) is 66.9 Å². The standard InChI is InChI=1S/C19H16N6O/c26-19(13-4-2-1-3-5-13)24-10-15(11-24)25-9-14(8-23-25)17-16-6-7-20-18(16)22-12-21-17/h1-9,12,15H,10-11H2,(H,20,21,22). The van der Waals surface area contributed by atoms with Gasteiger partial charge in [-0.05, 0) is 18.2 Å². The molecule has 1 N–H and O–H groups in total. The zero-order valence-electron chi connectivity index (χ0n) is 13.9. The van der Waals surface area contributed by atoms with Gasteiger partial charge in [-0.1, -0.05) is 18.2 Å². The molecule has 5 rings (SSSR count). The summed E-state index contributed by atoms with van der Waals surface area (Å²) >= 11 is 0. The van der Waals surface area contributed by atoms with Crippen molar-refractivity contribution >= 4 is 16.9 Å². The van der Waals surface area contributed by atoms with Gasteiger partial charge in [0.15, 0.2) is 0 Å². The maximum absolute atomic E-state index is 12.4. The fourth-order valence-electron chi connectivity index (χ4n) is 3.31. The summed E-state index contributed by atoms with van der Waals surface area (Å²) in [6.45, 7) is 1.33. The highest BCUT2D eigenvalue weighted by Crippen LogP contribution is 2.28. The first-order valence-electron chi connectivity index (χ1n) is 8.46. The van der Waals surface area contributed by atoms with Crippen molar-refractivity contribution in [1.82, 2.24) is 29.6 Å². The number of nitrogens with one attached hydrogen (secondary N) is 1. The monoisotopic (exact) mass is 344 g/mol. The van der Waals surface area contributed by atoms with E-state index in [4.69, 9.17) is 0 Å². The number of likely N-dealkylation sites (tertiary alicyclic amines) is 1. The Hall–Kier alpha value is -3.48. The van der Waals surface area contributed by atoms with Crippen LogP contribution in [0.25, 0.3) is 22.3 Å². The maximum atomic E-state index is 12.4. The largest absolute Gasteiger partial charge is 0.346 e. The Morgan fingerprint density at radius 1 is 1.12 bits per heavy atom. The highest BCUT2D eigenvalue weighted by molar-refractivity contribution is 5.94. The molecule has 0 radical (unpaired) electrons. The number of aromatic nitrogens is 5. The van der Waals surface area contributed by atoms with E-state index in [1.54, 1.807) is 6.33 Å². The lowest BCUT2D eigenvalue weighted by atomic mass is 10.1. The predicted octanol–water partition coefficient (Wildman–Crippen LogP) is 2.52. The van der Waals surface area contributed by atoms with Crippen molar-refractivity contribution in [2.24, 2.45) is 0 Å². The van der Waals surface area contributed by atoms with E-state index < -0.39 is 0 Å². The Labute approximate surface area is 149 Å². The highest BCUT2D eigenvalue weighted by Gasteiger charge is 2.33. The molecule has 0 atom stereocenters. The van der Waals surface area contributed by atoms with Crippen LogP contribution in [0.3, 0.4) is 0 Å². The molecule has 1 amide bonds. The number of amides is 1. The molecule has 1 aliphatic rings. The summed E-state index contributed by atoms with van der Waals surface area (Å²) in [7, 11) is 0. The van der Waals surface area contributed by atoms with Gasteiger partial charge in [-0.2, -0.15) is 5.10 Å². The quantitative estimate of drug-likeness (QED) is 0.619. The Balaban J connectivity index is 1.33. The predicted molar refractivity (Wildman–Crippen MR) is 96.5 cm³/mol. The van der Waals surface area contributed by atoms with E-state index in [9.17, 15) is 4.79 Å². The van der Waals surface area contributed by atoms with Gasteiger partial charge in [0.1, 0.15) is 12.0 Å². The molecule has 3 aromatic heterocycles. The summed E-state index contributed by atoms with van der Waals surface area (Å²) in [5.74, 6) is 0.0686. The molecule has 1 aliphatic heterocycles. The van der Waals surface area contributed by atoms with Gasteiger partial charge in [0, 0.05) is 42.0 Å². The van der Waals surface area contributed by atoms with Gasteiger partial charge in [-0.15, -0.1) is 0 Å². The number of carbonyl (C=O) groups excluding carboxylic acids is 1. The molecule has 26 heavy (non-hydrogen) atoms. The van der Waals surface area contributed by atoms with Crippen molar-refractivity contribution in [2.45, 2.75) is 6.04 Å². The van der Waals surface area contributed by atoms with Gasteiger partial charge in [0.05, 0.1) is 17.9 Å². The highest BCUT2D eigenvalue weighted by atomic mass is 16.2. The summed E-state index contributed by atoms with van der Waals surface area (Å²) in [5.41, 5.74) is 3.35. The SMILES string of the molecule is O=C(c1ccccc1)N1CC(n2cc(-c3ncnc4[nH]ccc34)cn2)C1. The summed E-state index contributed by atoms with van der Waals surface area (Å²) in [5, 5.41) is 5.45. The first-order valence-corrected chi connectivity index (χ1v) is 8.46. The molecule has 1 saturated heterocycles. The molecule has 0 unspecified atom stereocenters. The molecule has 0 saturated carbocycles. The van der Waals surface area contributed by atoms with E-state index in [0.29, 0.717) is 13.1 Å². The van der Waals surface area contributed by atoms with E-state index in [0.717, 1.165) is 27.9 Å². The normalized spacial score (nSPS) is 14.5. The van der Waals surface area contributed by atoms with Gasteiger partial charge < -0.3 is 9.88 Å². The van der Waals surface area contributed by atoms with Crippen LogP contribution in [0.5, 0.6) is 0 Å². The van der Waals surface area contributed by atoms with Crippen LogP contribution >= 0.6 is 0 Å². The average molecular weight is 344 g/mol. The second-order valence-electron chi connectivity index (χ2n) is 6.40. The number of fused-ring (bicyclic) bond motifs is 1. The summed E-state index contributed by atoms with van der Waals surface area (Å²) in [4.78, 5) is 26.0. The van der Waals surface area contributed by atoms with Crippen LogP contribution in [-0.4, -0.2) is 48.6 Å². The average Bonchev–Trinajstić information content (AvgIpc) is 3.30. The number of nitrogens with zero attached hydrogens (tertiary/aromatic N) is 5. The van der Waals surface area contributed by atoms with E-state index in [2.05, 4.69) is 20.1 Å². The van der Waals surface area contributed by atoms with Crippen LogP contribution in [0.4, 0.5) is 0 Å². The molecule has 1 fully saturated rings.